The first kappa shape index (κ1) is 16.0. The zero-order chi connectivity index (χ0) is 14.1. The molecule has 2 nitrogen and oxygen atoms in total. The maximum atomic E-state index is 9.94. The largest absolute Gasteiger partial charge is 0.389 e. The zero-order valence-electron chi connectivity index (χ0n) is 12.0. The van der Waals surface area contributed by atoms with Crippen LogP contribution in [-0.2, 0) is 0 Å². The lowest BCUT2D eigenvalue weighted by molar-refractivity contribution is 0.155. The lowest BCUT2D eigenvalue weighted by Crippen LogP contribution is -2.14. The number of allylic oxidation sites excluding steroid dienone is 2. The van der Waals surface area contributed by atoms with Crippen LogP contribution in [0.4, 0.5) is 0 Å². The predicted octanol–water partition coefficient (Wildman–Crippen LogP) is 3.06. The van der Waals surface area contributed by atoms with Crippen LogP contribution in [0, 0.1) is 23.7 Å². The van der Waals surface area contributed by atoms with Crippen LogP contribution in [0.2, 0.25) is 0 Å². The van der Waals surface area contributed by atoms with Gasteiger partial charge < -0.3 is 10.2 Å². The number of hydrogen-bond donors (Lipinski definition) is 2. The Hall–Kier alpha value is -1.04. The van der Waals surface area contributed by atoms with E-state index in [1.165, 1.54) is 12.8 Å². The number of rotatable bonds is 6. The maximum Gasteiger partial charge on any atom is 0.0758 e. The first-order chi connectivity index (χ1) is 9.15. The third kappa shape index (κ3) is 6.09. The highest BCUT2D eigenvalue weighted by atomic mass is 16.3. The summed E-state index contributed by atoms with van der Waals surface area (Å²) in [5, 5.41) is 19.8. The summed E-state index contributed by atoms with van der Waals surface area (Å²) in [4.78, 5) is 0. The number of aliphatic hydroxyl groups is 2. The van der Waals surface area contributed by atoms with Crippen molar-refractivity contribution in [2.45, 2.75) is 58.2 Å². The van der Waals surface area contributed by atoms with Crippen LogP contribution in [0.15, 0.2) is 24.3 Å². The van der Waals surface area contributed by atoms with E-state index in [-0.39, 0.29) is 12.0 Å². The van der Waals surface area contributed by atoms with Gasteiger partial charge in [-0.25, -0.2) is 0 Å². The molecule has 2 heteroatoms. The number of aliphatic hydroxyl groups excluding tert-OH is 2. The fourth-order valence-corrected chi connectivity index (χ4v) is 2.39. The van der Waals surface area contributed by atoms with E-state index in [1.807, 2.05) is 32.1 Å². The summed E-state index contributed by atoms with van der Waals surface area (Å²) in [7, 11) is 0. The third-order valence-electron chi connectivity index (χ3n) is 3.79. The van der Waals surface area contributed by atoms with Gasteiger partial charge in [-0.1, -0.05) is 44.1 Å². The van der Waals surface area contributed by atoms with Crippen LogP contribution < -0.4 is 0 Å². The molecule has 0 bridgehead atoms. The summed E-state index contributed by atoms with van der Waals surface area (Å²) in [6, 6.07) is 0. The lowest BCUT2D eigenvalue weighted by Gasteiger charge is -2.13. The Balaban J connectivity index is 2.32. The maximum absolute atomic E-state index is 9.94. The Kier molecular flexibility index (Phi) is 7.55. The molecule has 1 aliphatic rings. The van der Waals surface area contributed by atoms with Crippen molar-refractivity contribution in [1.82, 2.24) is 0 Å². The van der Waals surface area contributed by atoms with Gasteiger partial charge in [0, 0.05) is 6.42 Å². The molecule has 0 aliphatic heterocycles. The number of hydrogen-bond acceptors (Lipinski definition) is 2. The van der Waals surface area contributed by atoms with Gasteiger partial charge in [0.05, 0.1) is 12.2 Å². The Morgan fingerprint density at radius 1 is 1.16 bits per heavy atom. The minimum atomic E-state index is -0.478. The Morgan fingerprint density at radius 3 is 2.42 bits per heavy atom. The Bertz CT molecular complexity index is 353. The highest BCUT2D eigenvalue weighted by Crippen LogP contribution is 2.28. The SMILES string of the molecule is CC#CCC(C)C(O)/C=C/C=C/[C@@H](O)C1CCCC1. The van der Waals surface area contributed by atoms with Crippen molar-refractivity contribution in [1.29, 1.82) is 0 Å². The standard InChI is InChI=1S/C17H26O2/c1-3-4-9-14(2)16(18)12-7-8-13-17(19)15-10-5-6-11-15/h7-8,12-19H,5-6,9-11H2,1-2H3/b12-7+,13-8+/t14?,16?,17-/m1/s1. The van der Waals surface area contributed by atoms with Crippen molar-refractivity contribution in [2.24, 2.45) is 11.8 Å². The molecular formula is C17H26O2. The van der Waals surface area contributed by atoms with Gasteiger partial charge in [-0.15, -0.1) is 11.8 Å². The molecule has 1 rings (SSSR count). The van der Waals surface area contributed by atoms with Gasteiger partial charge in [0.25, 0.3) is 0 Å². The van der Waals surface area contributed by atoms with Gasteiger partial charge in [-0.3, -0.25) is 0 Å². The molecule has 0 aromatic rings. The Labute approximate surface area is 117 Å². The van der Waals surface area contributed by atoms with E-state index >= 15 is 0 Å². The molecule has 0 amide bonds. The quantitative estimate of drug-likeness (QED) is 0.570. The molecule has 0 radical (unpaired) electrons. The fraction of sp³-hybridized carbons (Fsp3) is 0.647. The fourth-order valence-electron chi connectivity index (χ4n) is 2.39. The van der Waals surface area contributed by atoms with E-state index in [9.17, 15) is 10.2 Å². The molecule has 0 saturated heterocycles. The molecule has 1 fully saturated rings. The van der Waals surface area contributed by atoms with E-state index in [0.29, 0.717) is 12.3 Å². The molecule has 0 spiro atoms. The van der Waals surface area contributed by atoms with Gasteiger partial charge >= 0.3 is 0 Å². The molecule has 2 N–H and O–H groups in total. The third-order valence-corrected chi connectivity index (χ3v) is 3.79. The summed E-state index contributed by atoms with van der Waals surface area (Å²) in [6.45, 7) is 3.79. The Morgan fingerprint density at radius 2 is 1.79 bits per heavy atom. The highest BCUT2D eigenvalue weighted by molar-refractivity contribution is 5.09. The van der Waals surface area contributed by atoms with Crippen molar-refractivity contribution in [3.05, 3.63) is 24.3 Å². The zero-order valence-corrected chi connectivity index (χ0v) is 12.0. The van der Waals surface area contributed by atoms with Crippen molar-refractivity contribution in [3.63, 3.8) is 0 Å². The van der Waals surface area contributed by atoms with Gasteiger partial charge in [0.15, 0.2) is 0 Å². The molecule has 0 heterocycles. The van der Waals surface area contributed by atoms with Crippen LogP contribution >= 0.6 is 0 Å². The topological polar surface area (TPSA) is 40.5 Å². The van der Waals surface area contributed by atoms with Gasteiger partial charge in [-0.2, -0.15) is 0 Å². The molecule has 1 aliphatic carbocycles. The molecule has 0 aromatic carbocycles. The van der Waals surface area contributed by atoms with Crippen LogP contribution in [0.3, 0.4) is 0 Å². The van der Waals surface area contributed by atoms with Crippen molar-refractivity contribution >= 4 is 0 Å². The van der Waals surface area contributed by atoms with E-state index in [4.69, 9.17) is 0 Å². The molecule has 0 aromatic heterocycles. The second-order valence-corrected chi connectivity index (χ2v) is 5.40. The van der Waals surface area contributed by atoms with E-state index in [2.05, 4.69) is 11.8 Å². The summed E-state index contributed by atoms with van der Waals surface area (Å²) in [5.41, 5.74) is 0. The predicted molar refractivity (Wildman–Crippen MR) is 79.5 cm³/mol. The molecule has 1 saturated carbocycles. The molecule has 106 valence electrons. The summed E-state index contributed by atoms with van der Waals surface area (Å²) in [6.07, 6.45) is 11.9. The van der Waals surface area contributed by atoms with Crippen molar-refractivity contribution in [3.8, 4) is 11.8 Å². The van der Waals surface area contributed by atoms with Crippen LogP contribution in [0.1, 0.15) is 46.0 Å². The summed E-state index contributed by atoms with van der Waals surface area (Å²) >= 11 is 0. The average Bonchev–Trinajstić information content (AvgIpc) is 2.94. The molecular weight excluding hydrogens is 236 g/mol. The first-order valence-corrected chi connectivity index (χ1v) is 7.26. The minimum Gasteiger partial charge on any atom is -0.389 e. The normalized spacial score (nSPS) is 21.5. The molecule has 3 atom stereocenters. The van der Waals surface area contributed by atoms with E-state index in [0.717, 1.165) is 12.8 Å². The second-order valence-electron chi connectivity index (χ2n) is 5.40. The second kappa shape index (κ2) is 8.96. The lowest BCUT2D eigenvalue weighted by atomic mass is 9.99. The van der Waals surface area contributed by atoms with Crippen LogP contribution in [0.25, 0.3) is 0 Å². The average molecular weight is 262 g/mol. The van der Waals surface area contributed by atoms with Gasteiger partial charge in [-0.05, 0) is 31.6 Å². The minimum absolute atomic E-state index is 0.136. The highest BCUT2D eigenvalue weighted by Gasteiger charge is 2.20. The van der Waals surface area contributed by atoms with Crippen LogP contribution in [0.5, 0.6) is 0 Å². The molecule has 2 unspecified atom stereocenters. The van der Waals surface area contributed by atoms with Crippen molar-refractivity contribution in [2.75, 3.05) is 0 Å². The van der Waals surface area contributed by atoms with Crippen molar-refractivity contribution < 1.29 is 10.2 Å². The van der Waals surface area contributed by atoms with Gasteiger partial charge in [0.2, 0.25) is 0 Å². The molecule has 19 heavy (non-hydrogen) atoms. The van der Waals surface area contributed by atoms with E-state index in [1.54, 1.807) is 6.08 Å². The van der Waals surface area contributed by atoms with Gasteiger partial charge in [0.1, 0.15) is 0 Å². The first-order valence-electron chi connectivity index (χ1n) is 7.26. The van der Waals surface area contributed by atoms with E-state index < -0.39 is 6.10 Å². The summed E-state index contributed by atoms with van der Waals surface area (Å²) in [5.74, 6) is 6.37. The van der Waals surface area contributed by atoms with Crippen LogP contribution in [-0.4, -0.2) is 22.4 Å². The summed E-state index contributed by atoms with van der Waals surface area (Å²) < 4.78 is 0. The monoisotopic (exact) mass is 262 g/mol. The smallest absolute Gasteiger partial charge is 0.0758 e.